The summed E-state index contributed by atoms with van der Waals surface area (Å²) in [6, 6.07) is 0. The van der Waals surface area contributed by atoms with Crippen molar-refractivity contribution in [1.29, 1.82) is 0 Å². The molecule has 5 unspecified atom stereocenters. The average molecular weight is 248 g/mol. The van der Waals surface area contributed by atoms with Crippen LogP contribution in [0.5, 0.6) is 0 Å². The van der Waals surface area contributed by atoms with E-state index in [0.717, 1.165) is 24.7 Å². The van der Waals surface area contributed by atoms with Crippen molar-refractivity contribution in [3.8, 4) is 0 Å². The van der Waals surface area contributed by atoms with Gasteiger partial charge in [0.25, 0.3) is 0 Å². The molecule has 0 aromatic rings. The van der Waals surface area contributed by atoms with Crippen LogP contribution in [0.1, 0.15) is 39.5 Å². The molecule has 0 amide bonds. The molecule has 0 heterocycles. The van der Waals surface area contributed by atoms with Crippen LogP contribution in [0.2, 0.25) is 0 Å². The van der Waals surface area contributed by atoms with Gasteiger partial charge in [0.2, 0.25) is 0 Å². The highest BCUT2D eigenvalue weighted by atomic mass is 16.4. The monoisotopic (exact) mass is 248 g/mol. The van der Waals surface area contributed by atoms with E-state index in [0.29, 0.717) is 18.3 Å². The lowest BCUT2D eigenvalue weighted by atomic mass is 9.67. The van der Waals surface area contributed by atoms with E-state index in [1.807, 2.05) is 6.92 Å². The number of carboxylic acids is 1. The number of rotatable bonds is 2. The van der Waals surface area contributed by atoms with Gasteiger partial charge in [-0.2, -0.15) is 0 Å². The molecule has 2 saturated carbocycles. The van der Waals surface area contributed by atoms with E-state index >= 15 is 0 Å². The first-order valence-electron chi connectivity index (χ1n) is 6.84. The first kappa shape index (κ1) is 11.9. The Morgan fingerprint density at radius 2 is 2.22 bits per heavy atom. The van der Waals surface area contributed by atoms with Crippen molar-refractivity contribution in [2.75, 3.05) is 0 Å². The molecular weight excluding hydrogens is 228 g/mol. The molecule has 1 N–H and O–H groups in total. The SMILES string of the molecule is CC1CCC2C=C(C=O)C3CC(C)(C(=O)O)CC123. The lowest BCUT2D eigenvalue weighted by Gasteiger charge is -2.36. The lowest BCUT2D eigenvalue weighted by molar-refractivity contribution is -0.148. The highest BCUT2D eigenvalue weighted by Gasteiger charge is 2.65. The Balaban J connectivity index is 2.06. The summed E-state index contributed by atoms with van der Waals surface area (Å²) in [4.78, 5) is 22.8. The Morgan fingerprint density at radius 3 is 2.83 bits per heavy atom. The van der Waals surface area contributed by atoms with Crippen LogP contribution in [0, 0.1) is 28.6 Å². The molecule has 3 rings (SSSR count). The minimum Gasteiger partial charge on any atom is -0.481 e. The van der Waals surface area contributed by atoms with Crippen molar-refractivity contribution in [3.63, 3.8) is 0 Å². The first-order valence-corrected chi connectivity index (χ1v) is 6.84. The van der Waals surface area contributed by atoms with E-state index in [-0.39, 0.29) is 11.3 Å². The second kappa shape index (κ2) is 3.46. The van der Waals surface area contributed by atoms with Crippen molar-refractivity contribution in [1.82, 2.24) is 0 Å². The van der Waals surface area contributed by atoms with E-state index in [9.17, 15) is 14.7 Å². The summed E-state index contributed by atoms with van der Waals surface area (Å²) < 4.78 is 0. The van der Waals surface area contributed by atoms with Crippen molar-refractivity contribution in [3.05, 3.63) is 11.6 Å². The van der Waals surface area contributed by atoms with Crippen molar-refractivity contribution in [2.24, 2.45) is 28.6 Å². The average Bonchev–Trinajstić information content (AvgIpc) is 2.87. The number of aliphatic carboxylic acids is 1. The van der Waals surface area contributed by atoms with E-state index in [1.54, 1.807) is 0 Å². The number of allylic oxidation sites excluding steroid dienone is 2. The zero-order chi connectivity index (χ0) is 13.1. The largest absolute Gasteiger partial charge is 0.481 e. The summed E-state index contributed by atoms with van der Waals surface area (Å²) >= 11 is 0. The Bertz CT molecular complexity index is 453. The lowest BCUT2D eigenvalue weighted by Crippen LogP contribution is -2.32. The van der Waals surface area contributed by atoms with Gasteiger partial charge in [0, 0.05) is 0 Å². The fourth-order valence-electron chi connectivity index (χ4n) is 5.05. The molecule has 0 aliphatic heterocycles. The number of hydrogen-bond donors (Lipinski definition) is 1. The fourth-order valence-corrected chi connectivity index (χ4v) is 5.05. The van der Waals surface area contributed by atoms with E-state index in [1.165, 1.54) is 6.42 Å². The second-order valence-corrected chi connectivity index (χ2v) is 6.78. The van der Waals surface area contributed by atoms with Gasteiger partial charge >= 0.3 is 5.97 Å². The van der Waals surface area contributed by atoms with Crippen molar-refractivity contribution in [2.45, 2.75) is 39.5 Å². The summed E-state index contributed by atoms with van der Waals surface area (Å²) in [6.07, 6.45) is 6.76. The number of carbonyl (C=O) groups excluding carboxylic acids is 1. The van der Waals surface area contributed by atoms with Crippen LogP contribution in [0.3, 0.4) is 0 Å². The molecule has 3 aliphatic rings. The minimum atomic E-state index is -0.700. The highest BCUT2D eigenvalue weighted by molar-refractivity contribution is 5.79. The van der Waals surface area contributed by atoms with Gasteiger partial charge in [-0.1, -0.05) is 13.0 Å². The minimum absolute atomic E-state index is 0.0589. The van der Waals surface area contributed by atoms with Gasteiger partial charge in [-0.05, 0) is 61.3 Å². The zero-order valence-electron chi connectivity index (χ0n) is 11.0. The number of carboxylic acid groups (broad SMARTS) is 1. The van der Waals surface area contributed by atoms with E-state index in [4.69, 9.17) is 0 Å². The predicted molar refractivity (Wildman–Crippen MR) is 66.9 cm³/mol. The summed E-state index contributed by atoms with van der Waals surface area (Å²) in [7, 11) is 0. The van der Waals surface area contributed by atoms with Gasteiger partial charge in [0.05, 0.1) is 5.41 Å². The summed E-state index contributed by atoms with van der Waals surface area (Å²) in [5.74, 6) is 0.439. The molecule has 3 heteroatoms. The van der Waals surface area contributed by atoms with Crippen LogP contribution >= 0.6 is 0 Å². The van der Waals surface area contributed by atoms with Crippen LogP contribution < -0.4 is 0 Å². The normalized spacial score (nSPS) is 49.7. The Labute approximate surface area is 107 Å². The summed E-state index contributed by atoms with van der Waals surface area (Å²) in [6.45, 7) is 4.09. The van der Waals surface area contributed by atoms with Gasteiger partial charge < -0.3 is 5.11 Å². The van der Waals surface area contributed by atoms with Gasteiger partial charge in [0.1, 0.15) is 6.29 Å². The van der Waals surface area contributed by atoms with Crippen LogP contribution in [0.15, 0.2) is 11.6 Å². The smallest absolute Gasteiger partial charge is 0.309 e. The molecule has 1 spiro atoms. The standard InChI is InChI=1S/C15H20O3/c1-9-3-4-11-5-10(7-16)12-6-14(2,13(17)18)8-15(9,11)12/h5,7,9,11-12H,3-4,6,8H2,1-2H3,(H,17,18). The molecule has 98 valence electrons. The highest BCUT2D eigenvalue weighted by Crippen LogP contribution is 2.70. The number of carbonyl (C=O) groups is 2. The van der Waals surface area contributed by atoms with Gasteiger partial charge in [0.15, 0.2) is 0 Å². The first-order chi connectivity index (χ1) is 8.44. The van der Waals surface area contributed by atoms with Gasteiger partial charge in [-0.15, -0.1) is 0 Å². The van der Waals surface area contributed by atoms with Crippen molar-refractivity contribution < 1.29 is 14.7 Å². The van der Waals surface area contributed by atoms with Crippen LogP contribution in [-0.2, 0) is 9.59 Å². The van der Waals surface area contributed by atoms with Gasteiger partial charge in [-0.25, -0.2) is 0 Å². The Kier molecular flexibility index (Phi) is 2.30. The Morgan fingerprint density at radius 1 is 1.50 bits per heavy atom. The van der Waals surface area contributed by atoms with Crippen LogP contribution in [0.4, 0.5) is 0 Å². The third kappa shape index (κ3) is 1.20. The molecule has 5 atom stereocenters. The van der Waals surface area contributed by atoms with Crippen LogP contribution in [-0.4, -0.2) is 17.4 Å². The van der Waals surface area contributed by atoms with Gasteiger partial charge in [-0.3, -0.25) is 9.59 Å². The molecule has 0 saturated heterocycles. The maximum Gasteiger partial charge on any atom is 0.309 e. The Hall–Kier alpha value is -1.12. The molecular formula is C15H20O3. The molecule has 18 heavy (non-hydrogen) atoms. The number of aldehydes is 1. The third-order valence-corrected chi connectivity index (χ3v) is 5.97. The zero-order valence-corrected chi connectivity index (χ0v) is 11.0. The molecule has 3 nitrogen and oxygen atoms in total. The molecule has 0 aromatic carbocycles. The fraction of sp³-hybridized carbons (Fsp3) is 0.733. The summed E-state index contributed by atoms with van der Waals surface area (Å²) in [5, 5.41) is 9.48. The number of hydrogen-bond acceptors (Lipinski definition) is 2. The molecule has 0 radical (unpaired) electrons. The quantitative estimate of drug-likeness (QED) is 0.764. The molecule has 0 aromatic heterocycles. The van der Waals surface area contributed by atoms with E-state index < -0.39 is 11.4 Å². The van der Waals surface area contributed by atoms with Crippen molar-refractivity contribution >= 4 is 12.3 Å². The molecule has 3 aliphatic carbocycles. The predicted octanol–water partition coefficient (Wildman–Crippen LogP) is 2.66. The summed E-state index contributed by atoms with van der Waals surface area (Å²) in [5.41, 5.74) is 0.282. The maximum atomic E-state index is 11.5. The second-order valence-electron chi connectivity index (χ2n) is 6.78. The topological polar surface area (TPSA) is 54.4 Å². The van der Waals surface area contributed by atoms with Crippen LogP contribution in [0.25, 0.3) is 0 Å². The van der Waals surface area contributed by atoms with E-state index in [2.05, 4.69) is 13.0 Å². The molecule has 0 bridgehead atoms. The molecule has 2 fully saturated rings. The third-order valence-electron chi connectivity index (χ3n) is 5.97. The maximum absolute atomic E-state index is 11.5.